The molecule has 2 bridgehead atoms. The van der Waals surface area contributed by atoms with E-state index >= 15 is 4.39 Å². The molecule has 3 N–H and O–H groups in total. The Balaban J connectivity index is 1.51. The first-order valence-electron chi connectivity index (χ1n) is 14.5. The second kappa shape index (κ2) is 9.74. The molecular formula is C29H33F5N8O. The van der Waals surface area contributed by atoms with Crippen LogP contribution in [0, 0.1) is 18.6 Å². The molecule has 0 amide bonds. The van der Waals surface area contributed by atoms with E-state index in [1.165, 1.54) is 0 Å². The molecule has 5 atom stereocenters. The predicted molar refractivity (Wildman–Crippen MR) is 152 cm³/mol. The van der Waals surface area contributed by atoms with Crippen LogP contribution in [0.25, 0.3) is 22.2 Å². The molecule has 0 aliphatic carbocycles. The van der Waals surface area contributed by atoms with E-state index < -0.39 is 52.0 Å². The normalized spacial score (nSPS) is 26.4. The van der Waals surface area contributed by atoms with Crippen LogP contribution in [0.2, 0.25) is 0 Å². The zero-order valence-corrected chi connectivity index (χ0v) is 24.3. The molecule has 4 aliphatic rings. The zero-order chi connectivity index (χ0) is 30.5. The lowest BCUT2D eigenvalue weighted by molar-refractivity contribution is -0.137. The van der Waals surface area contributed by atoms with Crippen molar-refractivity contribution in [2.75, 3.05) is 49.3 Å². The van der Waals surface area contributed by atoms with Crippen LogP contribution in [0.3, 0.4) is 0 Å². The average Bonchev–Trinajstić information content (AvgIpc) is 3.24. The standard InChI is InChI=1S/C29H33F5N8O/c1-12-20(29(32,33)34)16(9-17(35)21(12)30)23-22(31)24-19-26(39-28(38-24)41-8-7-15(41)11-40(3)4)42-10-14-5-6-18(36-14)25(42)13(2)43-27(19)37-23/h9,13-15,18,25,36H,5-8,10-11,35H2,1-4H3/t13-,14+,15-,18-,25+/m0/s1. The Labute approximate surface area is 245 Å². The van der Waals surface area contributed by atoms with E-state index in [9.17, 15) is 17.6 Å². The topological polar surface area (TPSA) is 95.7 Å². The molecule has 14 heteroatoms. The van der Waals surface area contributed by atoms with Crippen LogP contribution < -0.4 is 25.6 Å². The number of fused-ring (bicyclic) bond motifs is 5. The molecule has 0 radical (unpaired) electrons. The summed E-state index contributed by atoms with van der Waals surface area (Å²) >= 11 is 0. The summed E-state index contributed by atoms with van der Waals surface area (Å²) < 4.78 is 80.8. The molecule has 9 nitrogen and oxygen atoms in total. The summed E-state index contributed by atoms with van der Waals surface area (Å²) in [5.41, 5.74) is 1.63. The van der Waals surface area contributed by atoms with Crippen molar-refractivity contribution in [3.05, 3.63) is 28.8 Å². The molecule has 0 spiro atoms. The maximum Gasteiger partial charge on any atom is 0.417 e. The van der Waals surface area contributed by atoms with Gasteiger partial charge in [-0.05, 0) is 58.8 Å². The lowest BCUT2D eigenvalue weighted by atomic mass is 9.96. The lowest BCUT2D eigenvalue weighted by Crippen LogP contribution is -2.62. The van der Waals surface area contributed by atoms with Gasteiger partial charge in [-0.1, -0.05) is 0 Å². The summed E-state index contributed by atoms with van der Waals surface area (Å²) in [5.74, 6) is -1.59. The highest BCUT2D eigenvalue weighted by atomic mass is 19.4. The number of halogens is 5. The predicted octanol–water partition coefficient (Wildman–Crippen LogP) is 4.11. The number of nitrogen functional groups attached to an aromatic ring is 1. The van der Waals surface area contributed by atoms with Gasteiger partial charge in [-0.3, -0.25) is 0 Å². The van der Waals surface area contributed by atoms with Crippen LogP contribution in [0.4, 0.5) is 39.4 Å². The minimum Gasteiger partial charge on any atom is -0.472 e. The van der Waals surface area contributed by atoms with Crippen LogP contribution in [0.15, 0.2) is 6.07 Å². The Morgan fingerprint density at radius 1 is 1.09 bits per heavy atom. The minimum absolute atomic E-state index is 0.0622. The van der Waals surface area contributed by atoms with Crippen molar-refractivity contribution < 1.29 is 26.7 Å². The number of alkyl halides is 3. The molecule has 6 heterocycles. The Kier molecular flexibility index (Phi) is 6.40. The molecule has 3 fully saturated rings. The number of nitrogens with one attached hydrogen (secondary N) is 1. The fourth-order valence-electron chi connectivity index (χ4n) is 7.29. The summed E-state index contributed by atoms with van der Waals surface area (Å²) in [6, 6.07) is 1.00. The molecular weight excluding hydrogens is 571 g/mol. The Bertz CT molecular complexity index is 1630. The number of hydrogen-bond donors (Lipinski definition) is 2. The fourth-order valence-corrected chi connectivity index (χ4v) is 7.29. The Morgan fingerprint density at radius 2 is 1.86 bits per heavy atom. The number of ether oxygens (including phenoxy) is 1. The molecule has 3 saturated heterocycles. The molecule has 7 rings (SSSR count). The number of rotatable bonds is 4. The van der Waals surface area contributed by atoms with Gasteiger partial charge in [0.25, 0.3) is 0 Å². The highest BCUT2D eigenvalue weighted by molar-refractivity contribution is 5.98. The smallest absolute Gasteiger partial charge is 0.417 e. The minimum atomic E-state index is -5.01. The zero-order valence-electron chi connectivity index (χ0n) is 24.3. The molecule has 43 heavy (non-hydrogen) atoms. The van der Waals surface area contributed by atoms with Gasteiger partial charge in [0.2, 0.25) is 11.8 Å². The molecule has 2 aromatic heterocycles. The van der Waals surface area contributed by atoms with Gasteiger partial charge in [-0.15, -0.1) is 0 Å². The summed E-state index contributed by atoms with van der Waals surface area (Å²) in [6.07, 6.45) is -2.68. The maximum atomic E-state index is 16.7. The monoisotopic (exact) mass is 604 g/mol. The summed E-state index contributed by atoms with van der Waals surface area (Å²) in [4.78, 5) is 20.2. The third-order valence-corrected chi connectivity index (χ3v) is 9.28. The molecule has 1 aromatic carbocycles. The summed E-state index contributed by atoms with van der Waals surface area (Å²) in [6.45, 7) is 4.84. The number of piperazine rings is 1. The highest BCUT2D eigenvalue weighted by Gasteiger charge is 2.48. The number of likely N-dealkylation sites (N-methyl/N-ethyl adjacent to an activating group) is 1. The van der Waals surface area contributed by atoms with Crippen molar-refractivity contribution in [2.45, 2.75) is 69.6 Å². The maximum absolute atomic E-state index is 16.7. The Hall–Kier alpha value is -3.52. The van der Waals surface area contributed by atoms with Gasteiger partial charge in [-0.2, -0.15) is 18.2 Å². The van der Waals surface area contributed by atoms with E-state index in [0.29, 0.717) is 24.9 Å². The van der Waals surface area contributed by atoms with Crippen molar-refractivity contribution in [3.8, 4) is 17.1 Å². The number of nitrogens with zero attached hydrogens (tertiary/aromatic N) is 6. The Morgan fingerprint density at radius 3 is 2.53 bits per heavy atom. The van der Waals surface area contributed by atoms with Crippen molar-refractivity contribution in [1.82, 2.24) is 25.2 Å². The first-order chi connectivity index (χ1) is 20.3. The quantitative estimate of drug-likeness (QED) is 0.337. The second-order valence-corrected chi connectivity index (χ2v) is 12.4. The molecule has 0 unspecified atom stereocenters. The van der Waals surface area contributed by atoms with Crippen LogP contribution in [-0.4, -0.2) is 83.9 Å². The van der Waals surface area contributed by atoms with Gasteiger partial charge in [-0.25, -0.2) is 18.7 Å². The first kappa shape index (κ1) is 28.3. The number of pyridine rings is 1. The van der Waals surface area contributed by atoms with Crippen LogP contribution in [0.5, 0.6) is 5.88 Å². The largest absolute Gasteiger partial charge is 0.472 e. The van der Waals surface area contributed by atoms with Crippen molar-refractivity contribution in [1.29, 1.82) is 0 Å². The van der Waals surface area contributed by atoms with E-state index in [-0.39, 0.29) is 41.0 Å². The van der Waals surface area contributed by atoms with E-state index in [1.54, 1.807) is 0 Å². The third-order valence-electron chi connectivity index (χ3n) is 9.28. The van der Waals surface area contributed by atoms with Crippen LogP contribution in [0.1, 0.15) is 37.3 Å². The van der Waals surface area contributed by atoms with E-state index in [1.807, 2.05) is 30.8 Å². The van der Waals surface area contributed by atoms with Gasteiger partial charge in [0.15, 0.2) is 5.82 Å². The number of hydrogen-bond acceptors (Lipinski definition) is 9. The van der Waals surface area contributed by atoms with Gasteiger partial charge < -0.3 is 30.5 Å². The van der Waals surface area contributed by atoms with E-state index in [4.69, 9.17) is 15.5 Å². The summed E-state index contributed by atoms with van der Waals surface area (Å²) in [7, 11) is 3.92. The molecule has 4 aliphatic heterocycles. The van der Waals surface area contributed by atoms with Gasteiger partial charge in [0.05, 0.1) is 17.3 Å². The van der Waals surface area contributed by atoms with Crippen LogP contribution >= 0.6 is 0 Å². The molecule has 230 valence electrons. The second-order valence-electron chi connectivity index (χ2n) is 12.4. The van der Waals surface area contributed by atoms with E-state index in [2.05, 4.69) is 20.2 Å². The van der Waals surface area contributed by atoms with Gasteiger partial charge in [0.1, 0.15) is 34.3 Å². The molecule has 3 aromatic rings. The number of anilines is 3. The highest BCUT2D eigenvalue weighted by Crippen LogP contribution is 2.47. The number of benzene rings is 1. The first-order valence-corrected chi connectivity index (χ1v) is 14.5. The van der Waals surface area contributed by atoms with Gasteiger partial charge in [0, 0.05) is 43.3 Å². The molecule has 0 saturated carbocycles. The third kappa shape index (κ3) is 4.35. The SMILES string of the molecule is Cc1c(F)c(N)cc(-c2nc3c4c(nc(N5CC[C@H]5CN(C)C)nc4c2F)N2C[C@H]4CC[C@H](N4)[C@H]2[C@H](C)O3)c1C(F)(F)F. The van der Waals surface area contributed by atoms with Crippen molar-refractivity contribution in [3.63, 3.8) is 0 Å². The lowest BCUT2D eigenvalue weighted by Gasteiger charge is -2.44. The van der Waals surface area contributed by atoms with Crippen molar-refractivity contribution >= 4 is 28.4 Å². The van der Waals surface area contributed by atoms with Crippen molar-refractivity contribution in [2.24, 2.45) is 0 Å². The fraction of sp³-hybridized carbons (Fsp3) is 0.552. The van der Waals surface area contributed by atoms with E-state index in [0.717, 1.165) is 38.8 Å². The number of nitrogens with two attached hydrogens (primary N) is 1. The van der Waals surface area contributed by atoms with Crippen LogP contribution in [-0.2, 0) is 6.18 Å². The number of aromatic nitrogens is 3. The average molecular weight is 605 g/mol. The van der Waals surface area contributed by atoms with Gasteiger partial charge >= 0.3 is 6.18 Å². The summed E-state index contributed by atoms with van der Waals surface area (Å²) in [5, 5.41) is 3.85.